The Morgan fingerprint density at radius 1 is 1.19 bits per heavy atom. The summed E-state index contributed by atoms with van der Waals surface area (Å²) in [4.78, 5) is 23.2. The Labute approximate surface area is 125 Å². The first kappa shape index (κ1) is 17.2. The molecule has 0 saturated heterocycles. The first-order valence-corrected chi connectivity index (χ1v) is 6.95. The summed E-state index contributed by atoms with van der Waals surface area (Å²) >= 11 is 0. The number of hydrogen-bond donors (Lipinski definition) is 3. The summed E-state index contributed by atoms with van der Waals surface area (Å²) < 4.78 is 0. The molecule has 0 spiro atoms. The predicted octanol–water partition coefficient (Wildman–Crippen LogP) is 2.41. The lowest BCUT2D eigenvalue weighted by Gasteiger charge is -2.37. The van der Waals surface area contributed by atoms with E-state index < -0.39 is 16.9 Å². The summed E-state index contributed by atoms with van der Waals surface area (Å²) in [6.07, 6.45) is 0.400. The van der Waals surface area contributed by atoms with Crippen molar-refractivity contribution in [3.8, 4) is 0 Å². The van der Waals surface area contributed by atoms with E-state index in [0.717, 1.165) is 5.56 Å². The van der Waals surface area contributed by atoms with Gasteiger partial charge in [-0.05, 0) is 45.7 Å². The van der Waals surface area contributed by atoms with Crippen LogP contribution in [0.3, 0.4) is 0 Å². The Balaban J connectivity index is 2.93. The maximum absolute atomic E-state index is 12.5. The number of aryl methyl sites for hydroxylation is 1. The van der Waals surface area contributed by atoms with Gasteiger partial charge in [0.2, 0.25) is 5.91 Å². The van der Waals surface area contributed by atoms with Crippen molar-refractivity contribution in [2.75, 3.05) is 5.32 Å². The second kappa shape index (κ2) is 6.26. The Morgan fingerprint density at radius 2 is 1.76 bits per heavy atom. The van der Waals surface area contributed by atoms with Gasteiger partial charge in [0.1, 0.15) is 0 Å². The molecule has 116 valence electrons. The van der Waals surface area contributed by atoms with Crippen LogP contribution in [-0.4, -0.2) is 22.5 Å². The maximum atomic E-state index is 12.5. The summed E-state index contributed by atoms with van der Waals surface area (Å²) in [6, 6.07) is 7.22. The minimum Gasteiger partial charge on any atom is -0.481 e. The Morgan fingerprint density at radius 3 is 2.29 bits per heavy atom. The fourth-order valence-corrected chi connectivity index (χ4v) is 1.67. The summed E-state index contributed by atoms with van der Waals surface area (Å²) in [5.74, 6) is -1.04. The Hall–Kier alpha value is -1.88. The lowest BCUT2D eigenvalue weighted by atomic mass is 9.74. The Bertz CT molecular complexity index is 531. The lowest BCUT2D eigenvalue weighted by Crippen LogP contribution is -2.53. The molecule has 0 atom stereocenters. The average molecular weight is 292 g/mol. The highest BCUT2D eigenvalue weighted by molar-refractivity contribution is 5.96. The van der Waals surface area contributed by atoms with E-state index in [-0.39, 0.29) is 12.3 Å². The smallest absolute Gasteiger partial charge is 0.303 e. The SMILES string of the molecule is CC(C)(N)C(C)(C)C(=O)Nc1ccccc1CCC(=O)O. The lowest BCUT2D eigenvalue weighted by molar-refractivity contribution is -0.137. The topological polar surface area (TPSA) is 92.4 Å². The van der Waals surface area contributed by atoms with Crippen molar-refractivity contribution in [1.82, 2.24) is 0 Å². The number of benzene rings is 1. The molecule has 1 amide bonds. The van der Waals surface area contributed by atoms with E-state index in [4.69, 9.17) is 10.8 Å². The van der Waals surface area contributed by atoms with Crippen LogP contribution in [0.5, 0.6) is 0 Å². The highest BCUT2D eigenvalue weighted by Crippen LogP contribution is 2.30. The van der Waals surface area contributed by atoms with Crippen LogP contribution in [0.4, 0.5) is 5.69 Å². The minimum absolute atomic E-state index is 0.0264. The highest BCUT2D eigenvalue weighted by atomic mass is 16.4. The molecule has 0 unspecified atom stereocenters. The molecule has 1 aromatic rings. The highest BCUT2D eigenvalue weighted by Gasteiger charge is 2.40. The van der Waals surface area contributed by atoms with Crippen LogP contribution < -0.4 is 11.1 Å². The van der Waals surface area contributed by atoms with Crippen LogP contribution in [-0.2, 0) is 16.0 Å². The zero-order chi connectivity index (χ0) is 16.3. The van der Waals surface area contributed by atoms with Crippen LogP contribution in [0.15, 0.2) is 24.3 Å². The number of para-hydroxylation sites is 1. The monoisotopic (exact) mass is 292 g/mol. The number of amides is 1. The summed E-state index contributed by atoms with van der Waals surface area (Å²) in [6.45, 7) is 7.20. The van der Waals surface area contributed by atoms with Crippen molar-refractivity contribution < 1.29 is 14.7 Å². The number of aliphatic carboxylic acids is 1. The van der Waals surface area contributed by atoms with E-state index in [2.05, 4.69) is 5.32 Å². The minimum atomic E-state index is -0.862. The quantitative estimate of drug-likeness (QED) is 0.750. The van der Waals surface area contributed by atoms with Crippen molar-refractivity contribution in [1.29, 1.82) is 0 Å². The van der Waals surface area contributed by atoms with Crippen LogP contribution >= 0.6 is 0 Å². The fraction of sp³-hybridized carbons (Fsp3) is 0.500. The van der Waals surface area contributed by atoms with Gasteiger partial charge >= 0.3 is 5.97 Å². The molecular weight excluding hydrogens is 268 g/mol. The Kier molecular flexibility index (Phi) is 5.12. The van der Waals surface area contributed by atoms with E-state index in [1.807, 2.05) is 26.0 Å². The molecule has 1 aromatic carbocycles. The number of rotatable bonds is 6. The zero-order valence-corrected chi connectivity index (χ0v) is 13.1. The maximum Gasteiger partial charge on any atom is 0.303 e. The third-order valence-electron chi connectivity index (χ3n) is 4.05. The molecule has 0 aromatic heterocycles. The normalized spacial score (nSPS) is 12.0. The van der Waals surface area contributed by atoms with Crippen LogP contribution in [0.2, 0.25) is 0 Å². The van der Waals surface area contributed by atoms with Crippen LogP contribution in [0.1, 0.15) is 39.7 Å². The number of carboxylic acid groups (broad SMARTS) is 1. The molecular formula is C16H24N2O3. The van der Waals surface area contributed by atoms with Crippen molar-refractivity contribution in [3.05, 3.63) is 29.8 Å². The second-order valence-electron chi connectivity index (χ2n) is 6.35. The van der Waals surface area contributed by atoms with Gasteiger partial charge in [0, 0.05) is 17.6 Å². The number of nitrogens with two attached hydrogens (primary N) is 1. The molecule has 0 fully saturated rings. The summed E-state index contributed by atoms with van der Waals surface area (Å²) in [7, 11) is 0. The first-order chi connectivity index (χ1) is 9.55. The van der Waals surface area contributed by atoms with Gasteiger partial charge in [-0.25, -0.2) is 0 Å². The second-order valence-corrected chi connectivity index (χ2v) is 6.35. The van der Waals surface area contributed by atoms with Gasteiger partial charge in [-0.1, -0.05) is 18.2 Å². The van der Waals surface area contributed by atoms with E-state index in [1.165, 1.54) is 0 Å². The van der Waals surface area contributed by atoms with Gasteiger partial charge in [-0.3, -0.25) is 9.59 Å². The standard InChI is InChI=1S/C16H24N2O3/c1-15(2,16(3,4)17)14(21)18-12-8-6-5-7-11(12)9-10-13(19)20/h5-8H,9-10,17H2,1-4H3,(H,18,21)(H,19,20). The molecule has 21 heavy (non-hydrogen) atoms. The van der Waals surface area contributed by atoms with Crippen LogP contribution in [0, 0.1) is 5.41 Å². The van der Waals surface area contributed by atoms with Crippen LogP contribution in [0.25, 0.3) is 0 Å². The fourth-order valence-electron chi connectivity index (χ4n) is 1.67. The number of anilines is 1. The molecule has 0 aliphatic rings. The van der Waals surface area contributed by atoms with Crippen molar-refractivity contribution in [2.24, 2.45) is 11.1 Å². The zero-order valence-electron chi connectivity index (χ0n) is 13.1. The van der Waals surface area contributed by atoms with E-state index in [1.54, 1.807) is 26.0 Å². The van der Waals surface area contributed by atoms with Gasteiger partial charge in [0.25, 0.3) is 0 Å². The number of hydrogen-bond acceptors (Lipinski definition) is 3. The molecule has 0 heterocycles. The first-order valence-electron chi connectivity index (χ1n) is 6.95. The molecule has 0 aliphatic carbocycles. The largest absolute Gasteiger partial charge is 0.481 e. The number of carbonyl (C=O) groups excluding carboxylic acids is 1. The van der Waals surface area contributed by atoms with Gasteiger partial charge in [-0.2, -0.15) is 0 Å². The van der Waals surface area contributed by atoms with E-state index in [9.17, 15) is 9.59 Å². The third-order valence-corrected chi connectivity index (χ3v) is 4.05. The predicted molar refractivity (Wildman–Crippen MR) is 83.1 cm³/mol. The van der Waals surface area contributed by atoms with E-state index in [0.29, 0.717) is 12.1 Å². The number of nitrogens with one attached hydrogen (secondary N) is 1. The molecule has 0 bridgehead atoms. The average Bonchev–Trinajstić information content (AvgIpc) is 2.36. The summed E-state index contributed by atoms with van der Waals surface area (Å²) in [5, 5.41) is 11.6. The molecule has 0 aliphatic heterocycles. The molecule has 1 rings (SSSR count). The van der Waals surface area contributed by atoms with Crippen molar-refractivity contribution in [2.45, 2.75) is 46.1 Å². The third kappa shape index (κ3) is 4.29. The van der Waals surface area contributed by atoms with E-state index >= 15 is 0 Å². The van der Waals surface area contributed by atoms with Gasteiger partial charge in [0.15, 0.2) is 0 Å². The van der Waals surface area contributed by atoms with Gasteiger partial charge in [0.05, 0.1) is 5.41 Å². The molecule has 4 N–H and O–H groups in total. The van der Waals surface area contributed by atoms with Crippen molar-refractivity contribution in [3.63, 3.8) is 0 Å². The molecule has 0 saturated carbocycles. The number of carboxylic acids is 1. The molecule has 5 nitrogen and oxygen atoms in total. The van der Waals surface area contributed by atoms with Gasteiger partial charge in [-0.15, -0.1) is 0 Å². The molecule has 5 heteroatoms. The molecule has 0 radical (unpaired) electrons. The summed E-state index contributed by atoms with van der Waals surface area (Å²) in [5.41, 5.74) is 6.08. The number of carbonyl (C=O) groups is 2. The van der Waals surface area contributed by atoms with Crippen molar-refractivity contribution >= 4 is 17.6 Å². The van der Waals surface area contributed by atoms with Gasteiger partial charge < -0.3 is 16.2 Å².